The molecule has 0 heterocycles. The monoisotopic (exact) mass is 246 g/mol. The van der Waals surface area contributed by atoms with Crippen LogP contribution in [0.25, 0.3) is 0 Å². The molecule has 1 N–H and O–H groups in total. The van der Waals surface area contributed by atoms with E-state index >= 15 is 0 Å². The van der Waals surface area contributed by atoms with Crippen LogP contribution in [0.1, 0.15) is 36.8 Å². The molecule has 1 aromatic rings. The summed E-state index contributed by atoms with van der Waals surface area (Å²) in [5.41, 5.74) is 1.77. The summed E-state index contributed by atoms with van der Waals surface area (Å²) < 4.78 is 5.30. The zero-order valence-electron chi connectivity index (χ0n) is 10.6. The third kappa shape index (κ3) is 1.65. The molecule has 0 bridgehead atoms. The maximum absolute atomic E-state index is 11.4. The summed E-state index contributed by atoms with van der Waals surface area (Å²) in [6.45, 7) is 0.733. The SMILES string of the molecule is COCC1(c2cccc(C3(C(=O)O)CC3)c2)CC1. The summed E-state index contributed by atoms with van der Waals surface area (Å²) in [7, 11) is 1.73. The number of rotatable bonds is 5. The van der Waals surface area contributed by atoms with Crippen molar-refractivity contribution in [3.8, 4) is 0 Å². The highest BCUT2D eigenvalue weighted by Crippen LogP contribution is 2.52. The molecule has 0 aliphatic heterocycles. The van der Waals surface area contributed by atoms with Crippen LogP contribution >= 0.6 is 0 Å². The lowest BCUT2D eigenvalue weighted by Crippen LogP contribution is -2.21. The number of hydrogen-bond acceptors (Lipinski definition) is 2. The number of methoxy groups -OCH3 is 1. The summed E-state index contributed by atoms with van der Waals surface area (Å²) in [5.74, 6) is -0.684. The quantitative estimate of drug-likeness (QED) is 0.868. The second-order valence-corrected chi connectivity index (χ2v) is 5.68. The van der Waals surface area contributed by atoms with Crippen LogP contribution in [-0.2, 0) is 20.4 Å². The van der Waals surface area contributed by atoms with Gasteiger partial charge in [-0.1, -0.05) is 24.3 Å². The van der Waals surface area contributed by atoms with Crippen LogP contribution in [0.2, 0.25) is 0 Å². The summed E-state index contributed by atoms with van der Waals surface area (Å²) in [4.78, 5) is 11.4. The first kappa shape index (κ1) is 11.7. The maximum Gasteiger partial charge on any atom is 0.314 e. The van der Waals surface area contributed by atoms with Crippen molar-refractivity contribution >= 4 is 5.97 Å². The number of aliphatic carboxylic acids is 1. The van der Waals surface area contributed by atoms with Crippen molar-refractivity contribution in [3.05, 3.63) is 35.4 Å². The standard InChI is InChI=1S/C15H18O3/c1-18-10-14(5-6-14)11-3-2-4-12(9-11)15(7-8-15)13(16)17/h2-4,9H,5-8,10H2,1H3,(H,16,17). The average Bonchev–Trinajstić information content (AvgIpc) is 3.25. The van der Waals surface area contributed by atoms with Crippen LogP contribution in [0.3, 0.4) is 0 Å². The fourth-order valence-electron chi connectivity index (χ4n) is 2.84. The molecule has 0 radical (unpaired) electrons. The number of carboxylic acids is 1. The largest absolute Gasteiger partial charge is 0.481 e. The first-order valence-electron chi connectivity index (χ1n) is 6.46. The molecule has 0 spiro atoms. The van der Waals surface area contributed by atoms with Crippen LogP contribution in [0.15, 0.2) is 24.3 Å². The molecule has 96 valence electrons. The summed E-state index contributed by atoms with van der Waals surface area (Å²) in [5, 5.41) is 9.35. The highest BCUT2D eigenvalue weighted by atomic mass is 16.5. The van der Waals surface area contributed by atoms with E-state index in [2.05, 4.69) is 12.1 Å². The van der Waals surface area contributed by atoms with E-state index in [4.69, 9.17) is 4.74 Å². The van der Waals surface area contributed by atoms with Crippen LogP contribution in [-0.4, -0.2) is 24.8 Å². The molecule has 3 heteroatoms. The Morgan fingerprint density at radius 1 is 1.28 bits per heavy atom. The molecule has 3 rings (SSSR count). The topological polar surface area (TPSA) is 46.5 Å². The lowest BCUT2D eigenvalue weighted by molar-refractivity contribution is -0.140. The molecular weight excluding hydrogens is 228 g/mol. The summed E-state index contributed by atoms with van der Waals surface area (Å²) in [6.07, 6.45) is 3.82. The Morgan fingerprint density at radius 2 is 1.94 bits per heavy atom. The van der Waals surface area contributed by atoms with Gasteiger partial charge in [-0.05, 0) is 36.8 Å². The predicted molar refractivity (Wildman–Crippen MR) is 67.8 cm³/mol. The molecule has 0 amide bonds. The molecular formula is C15H18O3. The smallest absolute Gasteiger partial charge is 0.314 e. The second-order valence-electron chi connectivity index (χ2n) is 5.68. The Morgan fingerprint density at radius 3 is 2.44 bits per heavy atom. The molecule has 0 aromatic heterocycles. The van der Waals surface area contributed by atoms with Gasteiger partial charge in [0.15, 0.2) is 0 Å². The van der Waals surface area contributed by atoms with E-state index < -0.39 is 11.4 Å². The molecule has 3 nitrogen and oxygen atoms in total. The highest BCUT2D eigenvalue weighted by molar-refractivity contribution is 5.85. The van der Waals surface area contributed by atoms with Crippen molar-refractivity contribution in [2.45, 2.75) is 36.5 Å². The minimum atomic E-state index is -0.684. The molecule has 0 saturated heterocycles. The molecule has 18 heavy (non-hydrogen) atoms. The van der Waals surface area contributed by atoms with Gasteiger partial charge in [-0.15, -0.1) is 0 Å². The molecule has 2 aliphatic carbocycles. The van der Waals surface area contributed by atoms with E-state index in [0.29, 0.717) is 0 Å². The van der Waals surface area contributed by atoms with Gasteiger partial charge in [-0.3, -0.25) is 4.79 Å². The minimum absolute atomic E-state index is 0.152. The van der Waals surface area contributed by atoms with Gasteiger partial charge in [0.25, 0.3) is 0 Å². The zero-order chi connectivity index (χ0) is 12.8. The number of ether oxygens (including phenoxy) is 1. The normalized spacial score (nSPS) is 22.5. The molecule has 2 fully saturated rings. The van der Waals surface area contributed by atoms with Crippen molar-refractivity contribution in [3.63, 3.8) is 0 Å². The Hall–Kier alpha value is -1.35. The lowest BCUT2D eigenvalue weighted by Gasteiger charge is -2.17. The number of hydrogen-bond donors (Lipinski definition) is 1. The van der Waals surface area contributed by atoms with E-state index in [0.717, 1.165) is 37.9 Å². The molecule has 2 aliphatic rings. The molecule has 0 unspecified atom stereocenters. The van der Waals surface area contributed by atoms with Crippen LogP contribution in [0.5, 0.6) is 0 Å². The van der Waals surface area contributed by atoms with E-state index in [1.165, 1.54) is 5.56 Å². The van der Waals surface area contributed by atoms with Gasteiger partial charge < -0.3 is 9.84 Å². The number of carbonyl (C=O) groups is 1. The maximum atomic E-state index is 11.4. The van der Waals surface area contributed by atoms with E-state index in [9.17, 15) is 9.90 Å². The Bertz CT molecular complexity index is 484. The van der Waals surface area contributed by atoms with E-state index in [1.54, 1.807) is 7.11 Å². The van der Waals surface area contributed by atoms with Gasteiger partial charge in [-0.25, -0.2) is 0 Å². The van der Waals surface area contributed by atoms with Gasteiger partial charge in [0, 0.05) is 12.5 Å². The second kappa shape index (κ2) is 3.82. The fourth-order valence-corrected chi connectivity index (χ4v) is 2.84. The van der Waals surface area contributed by atoms with Crippen molar-refractivity contribution in [1.82, 2.24) is 0 Å². The van der Waals surface area contributed by atoms with Crippen molar-refractivity contribution in [2.24, 2.45) is 0 Å². The number of carboxylic acid groups (broad SMARTS) is 1. The Kier molecular flexibility index (Phi) is 2.49. The van der Waals surface area contributed by atoms with Crippen molar-refractivity contribution in [1.29, 1.82) is 0 Å². The van der Waals surface area contributed by atoms with Crippen LogP contribution in [0, 0.1) is 0 Å². The first-order chi connectivity index (χ1) is 8.63. The Labute approximate surface area is 107 Å². The van der Waals surface area contributed by atoms with Gasteiger partial charge >= 0.3 is 5.97 Å². The minimum Gasteiger partial charge on any atom is -0.481 e. The zero-order valence-corrected chi connectivity index (χ0v) is 10.6. The van der Waals surface area contributed by atoms with Gasteiger partial charge in [0.2, 0.25) is 0 Å². The first-order valence-corrected chi connectivity index (χ1v) is 6.46. The van der Waals surface area contributed by atoms with Crippen LogP contribution < -0.4 is 0 Å². The number of benzene rings is 1. The predicted octanol–water partition coefficient (Wildman–Crippen LogP) is 2.48. The van der Waals surface area contributed by atoms with E-state index in [-0.39, 0.29) is 5.41 Å². The average molecular weight is 246 g/mol. The van der Waals surface area contributed by atoms with Crippen LogP contribution in [0.4, 0.5) is 0 Å². The molecule has 2 saturated carbocycles. The van der Waals surface area contributed by atoms with Gasteiger partial charge in [0.1, 0.15) is 0 Å². The molecule has 0 atom stereocenters. The highest BCUT2D eigenvalue weighted by Gasteiger charge is 2.52. The van der Waals surface area contributed by atoms with E-state index in [1.807, 2.05) is 12.1 Å². The van der Waals surface area contributed by atoms with Gasteiger partial charge in [-0.2, -0.15) is 0 Å². The lowest BCUT2D eigenvalue weighted by atomic mass is 9.89. The summed E-state index contributed by atoms with van der Waals surface area (Å²) >= 11 is 0. The third-order valence-electron chi connectivity index (χ3n) is 4.46. The fraction of sp³-hybridized carbons (Fsp3) is 0.533. The Balaban J connectivity index is 1.93. The molecule has 1 aromatic carbocycles. The summed E-state index contributed by atoms with van der Waals surface area (Å²) in [6, 6.07) is 8.14. The van der Waals surface area contributed by atoms with Crippen molar-refractivity contribution in [2.75, 3.05) is 13.7 Å². The van der Waals surface area contributed by atoms with Gasteiger partial charge in [0.05, 0.1) is 12.0 Å². The van der Waals surface area contributed by atoms with Crippen molar-refractivity contribution < 1.29 is 14.6 Å². The third-order valence-corrected chi connectivity index (χ3v) is 4.46.